The van der Waals surface area contributed by atoms with Crippen LogP contribution in [0.2, 0.25) is 0 Å². The average Bonchev–Trinajstić information content (AvgIpc) is 3.35. The number of ether oxygens (including phenoxy) is 1. The maximum absolute atomic E-state index is 12.8. The zero-order valence-corrected chi connectivity index (χ0v) is 15.2. The summed E-state index contributed by atoms with van der Waals surface area (Å²) in [5.74, 6) is 0.419. The first-order chi connectivity index (χ1) is 12.7. The summed E-state index contributed by atoms with van der Waals surface area (Å²) in [6, 6.07) is 9.46. The highest BCUT2D eigenvalue weighted by Crippen LogP contribution is 2.24. The molecule has 3 aromatic rings. The van der Waals surface area contributed by atoms with Gasteiger partial charge in [-0.15, -0.1) is 16.4 Å². The van der Waals surface area contributed by atoms with Crippen LogP contribution in [0.15, 0.2) is 35.7 Å². The molecule has 4 rings (SSSR count). The number of aryl methyl sites for hydroxylation is 1. The summed E-state index contributed by atoms with van der Waals surface area (Å²) in [5, 5.41) is 17.2. The van der Waals surface area contributed by atoms with E-state index in [1.54, 1.807) is 16.2 Å². The van der Waals surface area contributed by atoms with Crippen molar-refractivity contribution in [3.8, 4) is 16.5 Å². The molecule has 1 atom stereocenters. The van der Waals surface area contributed by atoms with Crippen LogP contribution in [0.3, 0.4) is 0 Å². The number of amides is 1. The average molecular weight is 369 g/mol. The summed E-state index contributed by atoms with van der Waals surface area (Å²) in [6.45, 7) is 3.11. The fourth-order valence-corrected chi connectivity index (χ4v) is 3.68. The van der Waals surface area contributed by atoms with Crippen LogP contribution in [0, 0.1) is 6.92 Å². The second-order valence-electron chi connectivity index (χ2n) is 6.29. The largest absolute Gasteiger partial charge is 0.471 e. The predicted molar refractivity (Wildman–Crippen MR) is 98.2 cm³/mol. The van der Waals surface area contributed by atoms with Crippen LogP contribution in [0.4, 0.5) is 0 Å². The number of likely N-dealkylation sites (tertiary alicyclic amines) is 1. The zero-order valence-electron chi connectivity index (χ0n) is 14.4. The van der Waals surface area contributed by atoms with E-state index in [0.29, 0.717) is 24.7 Å². The number of hydrogen-bond donors (Lipinski definition) is 1. The lowest BCUT2D eigenvalue weighted by Crippen LogP contribution is -2.44. The van der Waals surface area contributed by atoms with Crippen LogP contribution in [0.1, 0.15) is 29.0 Å². The number of aromatic nitrogens is 4. The van der Waals surface area contributed by atoms with E-state index in [1.807, 2.05) is 42.6 Å². The van der Waals surface area contributed by atoms with Gasteiger partial charge in [-0.25, -0.2) is 0 Å². The standard InChI is InChI=1S/C18H19N5O2S/c1-12-6-7-17(22-19-12)25-13-4-2-8-23(11-13)18(24)15-10-14(20-21-15)16-5-3-9-26-16/h3,5-7,9-10,13H,2,4,8,11H2,1H3,(H,20,21). The summed E-state index contributed by atoms with van der Waals surface area (Å²) < 4.78 is 5.90. The van der Waals surface area contributed by atoms with Crippen molar-refractivity contribution in [2.75, 3.05) is 13.1 Å². The third-order valence-electron chi connectivity index (χ3n) is 4.31. The Labute approximate surface area is 155 Å². The van der Waals surface area contributed by atoms with Crippen molar-refractivity contribution in [1.82, 2.24) is 25.3 Å². The van der Waals surface area contributed by atoms with E-state index in [0.717, 1.165) is 29.1 Å². The number of thiophene rings is 1. The van der Waals surface area contributed by atoms with Crippen molar-refractivity contribution in [2.45, 2.75) is 25.9 Å². The first-order valence-electron chi connectivity index (χ1n) is 8.54. The third kappa shape index (κ3) is 3.60. The number of rotatable bonds is 4. The van der Waals surface area contributed by atoms with E-state index in [4.69, 9.17) is 4.74 Å². The van der Waals surface area contributed by atoms with Crippen LogP contribution in [0.25, 0.3) is 10.6 Å². The number of carbonyl (C=O) groups excluding carboxylic acids is 1. The van der Waals surface area contributed by atoms with Gasteiger partial charge in [0.25, 0.3) is 5.91 Å². The van der Waals surface area contributed by atoms with Crippen molar-refractivity contribution >= 4 is 17.2 Å². The lowest BCUT2D eigenvalue weighted by atomic mass is 10.1. The van der Waals surface area contributed by atoms with Crippen molar-refractivity contribution in [2.24, 2.45) is 0 Å². The van der Waals surface area contributed by atoms with Crippen molar-refractivity contribution < 1.29 is 9.53 Å². The molecule has 134 valence electrons. The van der Waals surface area contributed by atoms with E-state index in [9.17, 15) is 4.79 Å². The van der Waals surface area contributed by atoms with Crippen LogP contribution in [-0.4, -0.2) is 50.4 Å². The van der Waals surface area contributed by atoms with E-state index < -0.39 is 0 Å². The van der Waals surface area contributed by atoms with Gasteiger partial charge in [-0.05, 0) is 43.3 Å². The molecule has 1 saturated heterocycles. The minimum Gasteiger partial charge on any atom is -0.471 e. The number of nitrogens with zero attached hydrogens (tertiary/aromatic N) is 4. The highest BCUT2D eigenvalue weighted by atomic mass is 32.1. The number of aromatic amines is 1. The molecule has 0 aromatic carbocycles. The van der Waals surface area contributed by atoms with Crippen LogP contribution < -0.4 is 4.74 Å². The highest BCUT2D eigenvalue weighted by Gasteiger charge is 2.27. The highest BCUT2D eigenvalue weighted by molar-refractivity contribution is 7.13. The first-order valence-corrected chi connectivity index (χ1v) is 9.42. The molecule has 0 radical (unpaired) electrons. The van der Waals surface area contributed by atoms with Gasteiger partial charge in [-0.2, -0.15) is 10.2 Å². The lowest BCUT2D eigenvalue weighted by Gasteiger charge is -2.32. The van der Waals surface area contributed by atoms with Gasteiger partial charge in [-0.3, -0.25) is 9.89 Å². The third-order valence-corrected chi connectivity index (χ3v) is 5.21. The SMILES string of the molecule is Cc1ccc(OC2CCCN(C(=O)c3cc(-c4cccs4)[nH]n3)C2)nn1. The maximum atomic E-state index is 12.8. The molecule has 1 amide bonds. The van der Waals surface area contributed by atoms with Gasteiger partial charge in [0.1, 0.15) is 6.10 Å². The molecule has 26 heavy (non-hydrogen) atoms. The van der Waals surface area contributed by atoms with Crippen molar-refractivity contribution in [3.05, 3.63) is 47.1 Å². The molecule has 1 N–H and O–H groups in total. The molecular formula is C18H19N5O2S. The van der Waals surface area contributed by atoms with Gasteiger partial charge < -0.3 is 9.64 Å². The van der Waals surface area contributed by atoms with Gasteiger partial charge in [0.15, 0.2) is 5.69 Å². The summed E-state index contributed by atoms with van der Waals surface area (Å²) >= 11 is 1.61. The Hall–Kier alpha value is -2.74. The molecule has 0 aliphatic carbocycles. The summed E-state index contributed by atoms with van der Waals surface area (Å²) in [5.41, 5.74) is 2.14. The topological polar surface area (TPSA) is 84.0 Å². The molecule has 4 heterocycles. The maximum Gasteiger partial charge on any atom is 0.274 e. The monoisotopic (exact) mass is 369 g/mol. The van der Waals surface area contributed by atoms with Crippen LogP contribution >= 0.6 is 11.3 Å². The van der Waals surface area contributed by atoms with Gasteiger partial charge in [0, 0.05) is 12.6 Å². The normalized spacial score (nSPS) is 17.3. The second-order valence-corrected chi connectivity index (χ2v) is 7.24. The van der Waals surface area contributed by atoms with Crippen molar-refractivity contribution in [3.63, 3.8) is 0 Å². The van der Waals surface area contributed by atoms with E-state index in [2.05, 4.69) is 20.4 Å². The number of carbonyl (C=O) groups is 1. The minimum atomic E-state index is -0.0829. The molecular weight excluding hydrogens is 350 g/mol. The molecule has 0 saturated carbocycles. The van der Waals surface area contributed by atoms with E-state index >= 15 is 0 Å². The minimum absolute atomic E-state index is 0.0765. The Morgan fingerprint density at radius 2 is 2.27 bits per heavy atom. The van der Waals surface area contributed by atoms with Gasteiger partial charge in [0.2, 0.25) is 5.88 Å². The fraction of sp³-hybridized carbons (Fsp3) is 0.333. The Bertz CT molecular complexity index is 875. The number of hydrogen-bond acceptors (Lipinski definition) is 6. The summed E-state index contributed by atoms with van der Waals surface area (Å²) in [4.78, 5) is 15.6. The Balaban J connectivity index is 1.42. The lowest BCUT2D eigenvalue weighted by molar-refractivity contribution is 0.0520. The zero-order chi connectivity index (χ0) is 17.9. The Morgan fingerprint density at radius 1 is 1.35 bits per heavy atom. The smallest absolute Gasteiger partial charge is 0.274 e. The molecule has 1 aliphatic rings. The van der Waals surface area contributed by atoms with Gasteiger partial charge >= 0.3 is 0 Å². The summed E-state index contributed by atoms with van der Waals surface area (Å²) in [7, 11) is 0. The van der Waals surface area contributed by atoms with Gasteiger partial charge in [0.05, 0.1) is 22.8 Å². The van der Waals surface area contributed by atoms with Crippen LogP contribution in [-0.2, 0) is 0 Å². The Kier molecular flexibility index (Phi) is 4.66. The predicted octanol–water partition coefficient (Wildman–Crippen LogP) is 2.92. The van der Waals surface area contributed by atoms with Gasteiger partial charge in [-0.1, -0.05) is 6.07 Å². The van der Waals surface area contributed by atoms with E-state index in [-0.39, 0.29) is 12.0 Å². The summed E-state index contributed by atoms with van der Waals surface area (Å²) in [6.07, 6.45) is 1.69. The quantitative estimate of drug-likeness (QED) is 0.764. The first kappa shape index (κ1) is 16.7. The molecule has 3 aromatic heterocycles. The number of piperidine rings is 1. The molecule has 0 bridgehead atoms. The molecule has 1 aliphatic heterocycles. The number of H-pyrrole nitrogens is 1. The Morgan fingerprint density at radius 3 is 3.04 bits per heavy atom. The molecule has 1 fully saturated rings. The van der Waals surface area contributed by atoms with Crippen molar-refractivity contribution in [1.29, 1.82) is 0 Å². The fourth-order valence-electron chi connectivity index (χ4n) is 2.99. The second kappa shape index (κ2) is 7.25. The van der Waals surface area contributed by atoms with Crippen LogP contribution in [0.5, 0.6) is 5.88 Å². The molecule has 7 nitrogen and oxygen atoms in total. The number of nitrogens with one attached hydrogen (secondary N) is 1. The van der Waals surface area contributed by atoms with E-state index in [1.165, 1.54) is 0 Å². The molecule has 0 spiro atoms. The molecule has 8 heteroatoms. The molecule has 1 unspecified atom stereocenters.